The zero-order valence-electron chi connectivity index (χ0n) is 39.6. The van der Waals surface area contributed by atoms with Crippen molar-refractivity contribution in [3.05, 3.63) is 122 Å². The molecule has 0 heterocycles. The second-order valence-electron chi connectivity index (χ2n) is 16.2. The van der Waals surface area contributed by atoms with E-state index in [-0.39, 0.29) is 25.9 Å². The van der Waals surface area contributed by atoms with E-state index in [1.807, 2.05) is 33.3 Å². The molecule has 0 aliphatic carbocycles. The Morgan fingerprint density at radius 3 is 1.63 bits per heavy atom. The number of unbranched alkanes of at least 4 members (excludes halogenated alkanes) is 6. The van der Waals surface area contributed by atoms with Crippen LogP contribution in [0.4, 0.5) is 0 Å². The summed E-state index contributed by atoms with van der Waals surface area (Å²) in [6.07, 6.45) is 55.6. The summed E-state index contributed by atoms with van der Waals surface area (Å²) in [5.74, 6) is -1.17. The minimum Gasteiger partial charge on any atom is -0.756 e. The van der Waals surface area contributed by atoms with Crippen LogP contribution in [0.3, 0.4) is 0 Å². The number of aliphatic hydroxyl groups excluding tert-OH is 1. The van der Waals surface area contributed by atoms with E-state index in [9.17, 15) is 24.2 Å². The molecule has 0 aromatic rings. The topological polar surface area (TPSA) is 131 Å². The molecular formula is C52H84NO9P. The number of hydrogen-bond acceptors (Lipinski definition) is 9. The summed E-state index contributed by atoms with van der Waals surface area (Å²) in [5.41, 5.74) is 0. The third-order valence-electron chi connectivity index (χ3n) is 9.08. The normalized spacial score (nSPS) is 15.1. The Labute approximate surface area is 382 Å². The fourth-order valence-electron chi connectivity index (χ4n) is 5.39. The molecule has 0 radical (unpaired) electrons. The van der Waals surface area contributed by atoms with Gasteiger partial charge in [0.1, 0.15) is 19.8 Å². The quantitative estimate of drug-likeness (QED) is 0.0159. The van der Waals surface area contributed by atoms with E-state index in [0.29, 0.717) is 17.4 Å². The Morgan fingerprint density at radius 1 is 0.603 bits per heavy atom. The predicted octanol–water partition coefficient (Wildman–Crippen LogP) is 12.0. The molecule has 3 atom stereocenters. The number of aliphatic hydroxyl groups is 1. The fourth-order valence-corrected chi connectivity index (χ4v) is 6.12. The van der Waals surface area contributed by atoms with Gasteiger partial charge in [0.2, 0.25) is 0 Å². The lowest BCUT2D eigenvalue weighted by Gasteiger charge is -2.28. The molecule has 0 spiro atoms. The van der Waals surface area contributed by atoms with Crippen LogP contribution in [-0.4, -0.2) is 81.2 Å². The molecule has 1 N–H and O–H groups in total. The van der Waals surface area contributed by atoms with Gasteiger partial charge in [0.05, 0.1) is 33.9 Å². The number of phosphoric ester groups is 1. The number of ether oxygens (including phenoxy) is 2. The highest BCUT2D eigenvalue weighted by molar-refractivity contribution is 7.45. The average molecular weight is 898 g/mol. The fraction of sp³-hybridized carbons (Fsp3) is 0.577. The first-order chi connectivity index (χ1) is 30.4. The van der Waals surface area contributed by atoms with Crippen molar-refractivity contribution >= 4 is 19.8 Å². The lowest BCUT2D eigenvalue weighted by molar-refractivity contribution is -0.870. The van der Waals surface area contributed by atoms with Gasteiger partial charge in [0.15, 0.2) is 6.10 Å². The second-order valence-corrected chi connectivity index (χ2v) is 17.6. The molecule has 0 aromatic carbocycles. The van der Waals surface area contributed by atoms with Crippen LogP contribution in [0.5, 0.6) is 0 Å². The third-order valence-corrected chi connectivity index (χ3v) is 10.0. The molecule has 2 unspecified atom stereocenters. The van der Waals surface area contributed by atoms with Crippen LogP contribution in [0, 0.1) is 0 Å². The van der Waals surface area contributed by atoms with Crippen LogP contribution in [0.15, 0.2) is 122 Å². The Balaban J connectivity index is 4.64. The number of carbonyl (C=O) groups is 2. The molecule has 0 aliphatic rings. The summed E-state index contributed by atoms with van der Waals surface area (Å²) >= 11 is 0. The van der Waals surface area contributed by atoms with Crippen molar-refractivity contribution in [2.45, 2.75) is 148 Å². The molecule has 356 valence electrons. The summed E-state index contributed by atoms with van der Waals surface area (Å²) in [6.45, 7) is 3.74. The molecular weight excluding hydrogens is 814 g/mol. The van der Waals surface area contributed by atoms with Crippen LogP contribution >= 0.6 is 7.82 Å². The number of carbonyl (C=O) groups excluding carboxylic acids is 2. The van der Waals surface area contributed by atoms with Crippen molar-refractivity contribution in [2.75, 3.05) is 47.5 Å². The molecule has 11 heteroatoms. The maximum absolute atomic E-state index is 12.7. The van der Waals surface area contributed by atoms with Crippen molar-refractivity contribution in [1.29, 1.82) is 0 Å². The summed E-state index contributed by atoms with van der Waals surface area (Å²) in [5, 5.41) is 10.3. The van der Waals surface area contributed by atoms with Crippen LogP contribution in [-0.2, 0) is 32.7 Å². The van der Waals surface area contributed by atoms with Crippen molar-refractivity contribution in [3.8, 4) is 0 Å². The Bertz CT molecular complexity index is 1500. The first-order valence-corrected chi connectivity index (χ1v) is 24.8. The lowest BCUT2D eigenvalue weighted by Crippen LogP contribution is -2.37. The van der Waals surface area contributed by atoms with Gasteiger partial charge < -0.3 is 33.0 Å². The van der Waals surface area contributed by atoms with Gasteiger partial charge in [0, 0.05) is 12.8 Å². The molecule has 0 aliphatic heterocycles. The highest BCUT2D eigenvalue weighted by Gasteiger charge is 2.22. The van der Waals surface area contributed by atoms with Crippen molar-refractivity contribution in [2.24, 2.45) is 0 Å². The predicted molar refractivity (Wildman–Crippen MR) is 260 cm³/mol. The highest BCUT2D eigenvalue weighted by atomic mass is 31.2. The van der Waals surface area contributed by atoms with Gasteiger partial charge in [-0.2, -0.15) is 0 Å². The summed E-state index contributed by atoms with van der Waals surface area (Å²) in [7, 11) is 0.998. The first kappa shape index (κ1) is 59.4. The number of rotatable bonds is 40. The van der Waals surface area contributed by atoms with E-state index >= 15 is 0 Å². The van der Waals surface area contributed by atoms with Gasteiger partial charge >= 0.3 is 11.9 Å². The highest BCUT2D eigenvalue weighted by Crippen LogP contribution is 2.38. The van der Waals surface area contributed by atoms with Crippen molar-refractivity contribution in [3.63, 3.8) is 0 Å². The molecule has 0 bridgehead atoms. The van der Waals surface area contributed by atoms with Gasteiger partial charge in [0.25, 0.3) is 7.82 Å². The molecule has 0 saturated carbocycles. The van der Waals surface area contributed by atoms with Gasteiger partial charge in [-0.25, -0.2) is 0 Å². The third kappa shape index (κ3) is 46.2. The van der Waals surface area contributed by atoms with Crippen LogP contribution in [0.1, 0.15) is 136 Å². The van der Waals surface area contributed by atoms with E-state index in [1.165, 1.54) is 25.7 Å². The Hall–Kier alpha value is -3.63. The number of likely N-dealkylation sites (N-methyl/N-ethyl adjacent to an activating group) is 1. The SMILES string of the molecule is CC/C=C\C/C=C\C/C=C\C/C=C\C/C=C\C=C/C(O)CCC(=O)OC[C@H](COP(=O)([O-])OCC[N+](C)(C)C)OC(=O)CCCCC/C=C\C/C=C\C/C=C\C/C=C\CCCCC. The van der Waals surface area contributed by atoms with Gasteiger partial charge in [-0.1, -0.05) is 155 Å². The largest absolute Gasteiger partial charge is 0.756 e. The first-order valence-electron chi connectivity index (χ1n) is 23.4. The molecule has 0 saturated heterocycles. The van der Waals surface area contributed by atoms with Gasteiger partial charge in [-0.3, -0.25) is 14.2 Å². The summed E-state index contributed by atoms with van der Waals surface area (Å²) < 4.78 is 33.7. The minimum atomic E-state index is -4.70. The number of hydrogen-bond donors (Lipinski definition) is 1. The van der Waals surface area contributed by atoms with Crippen molar-refractivity contribution < 1.29 is 47.2 Å². The van der Waals surface area contributed by atoms with Crippen LogP contribution in [0.2, 0.25) is 0 Å². The Morgan fingerprint density at radius 2 is 1.11 bits per heavy atom. The van der Waals surface area contributed by atoms with E-state index in [4.69, 9.17) is 18.5 Å². The standard InChI is InChI=1S/C52H84NO9P/c1-6-8-10-12-14-16-18-20-22-24-25-26-28-30-32-34-36-38-40-42-52(56)62-50(48-61-63(57,58)60-46-45-53(3,4)5)47-59-51(55)44-43-49(54)41-39-37-35-33-31-29-27-23-21-19-17-15-13-11-9-7-2/h9,11,14-17,20-23,25-26,29-32,35,37,39,41,49-50,54H,6-8,10,12-13,18-19,24,27-28,33-34,36,38,40,42-48H2,1-5H3/b11-9-,16-14-,17-15-,22-20-,23-21-,26-25-,31-29-,32-30-,37-35-,41-39-/t49?,50-/m1/s1. The zero-order valence-corrected chi connectivity index (χ0v) is 40.5. The van der Waals surface area contributed by atoms with Crippen molar-refractivity contribution in [1.82, 2.24) is 0 Å². The average Bonchev–Trinajstić information content (AvgIpc) is 3.24. The number of esters is 2. The van der Waals surface area contributed by atoms with Crippen LogP contribution < -0.4 is 4.89 Å². The molecule has 10 nitrogen and oxygen atoms in total. The van der Waals surface area contributed by atoms with E-state index < -0.39 is 45.2 Å². The van der Waals surface area contributed by atoms with E-state index in [1.54, 1.807) is 12.2 Å². The maximum atomic E-state index is 12.7. The zero-order chi connectivity index (χ0) is 46.5. The maximum Gasteiger partial charge on any atom is 0.306 e. The number of allylic oxidation sites excluding steroid dienone is 19. The Kier molecular flexibility index (Phi) is 39.9. The summed E-state index contributed by atoms with van der Waals surface area (Å²) in [4.78, 5) is 37.6. The summed E-state index contributed by atoms with van der Waals surface area (Å²) in [6, 6.07) is 0. The van der Waals surface area contributed by atoms with Gasteiger partial charge in [-0.05, 0) is 89.9 Å². The minimum absolute atomic E-state index is 0.0807. The van der Waals surface area contributed by atoms with E-state index in [2.05, 4.69) is 111 Å². The van der Waals surface area contributed by atoms with Gasteiger partial charge in [-0.15, -0.1) is 0 Å². The molecule has 0 aromatic heterocycles. The molecule has 63 heavy (non-hydrogen) atoms. The second kappa shape index (κ2) is 42.3. The number of nitrogens with zero attached hydrogens (tertiary/aromatic N) is 1. The monoisotopic (exact) mass is 898 g/mol. The van der Waals surface area contributed by atoms with E-state index in [0.717, 1.165) is 70.6 Å². The lowest BCUT2D eigenvalue weighted by atomic mass is 10.1. The smallest absolute Gasteiger partial charge is 0.306 e. The van der Waals surface area contributed by atoms with Crippen LogP contribution in [0.25, 0.3) is 0 Å². The number of quaternary nitrogens is 1. The molecule has 0 fully saturated rings. The number of phosphoric acid groups is 1. The molecule has 0 rings (SSSR count). The molecule has 0 amide bonds.